The van der Waals surface area contributed by atoms with Gasteiger partial charge in [-0.25, -0.2) is 0 Å². The van der Waals surface area contributed by atoms with Crippen LogP contribution in [0, 0.1) is 6.92 Å². The summed E-state index contributed by atoms with van der Waals surface area (Å²) in [5, 5.41) is 2.95. The van der Waals surface area contributed by atoms with Gasteiger partial charge in [0.2, 0.25) is 5.91 Å². The van der Waals surface area contributed by atoms with Crippen molar-refractivity contribution in [2.75, 3.05) is 19.0 Å². The van der Waals surface area contributed by atoms with Crippen LogP contribution in [0.2, 0.25) is 0 Å². The summed E-state index contributed by atoms with van der Waals surface area (Å²) in [6.07, 6.45) is 0. The standard InChI is InChI=1S/C24H22N2O3/c1-16-8-13-21-20(14-16)23(17-6-4-3-5-7-17)26(15-22(27)25-21)24(28)18-9-11-19(29-2)12-10-18/h3-14,23H,15H2,1-2H3,(H,25,27). The molecule has 5 nitrogen and oxygen atoms in total. The highest BCUT2D eigenvalue weighted by atomic mass is 16.5. The normalized spacial score (nSPS) is 15.9. The van der Waals surface area contributed by atoms with Crippen LogP contribution in [0.1, 0.15) is 33.1 Å². The van der Waals surface area contributed by atoms with Crippen molar-refractivity contribution in [1.82, 2.24) is 4.90 Å². The molecule has 0 saturated heterocycles. The molecular weight excluding hydrogens is 364 g/mol. The molecule has 0 fully saturated rings. The Hall–Kier alpha value is -3.60. The van der Waals surface area contributed by atoms with E-state index < -0.39 is 0 Å². The Kier molecular flexibility index (Phi) is 5.04. The molecule has 0 spiro atoms. The van der Waals surface area contributed by atoms with Gasteiger partial charge in [-0.2, -0.15) is 0 Å². The van der Waals surface area contributed by atoms with Crippen molar-refractivity contribution in [3.05, 3.63) is 95.1 Å². The van der Waals surface area contributed by atoms with Crippen molar-refractivity contribution in [3.63, 3.8) is 0 Å². The first kappa shape index (κ1) is 18.7. The topological polar surface area (TPSA) is 58.6 Å². The Morgan fingerprint density at radius 1 is 1.03 bits per heavy atom. The average molecular weight is 386 g/mol. The largest absolute Gasteiger partial charge is 0.497 e. The molecule has 1 aliphatic rings. The molecule has 0 bridgehead atoms. The molecule has 3 aromatic rings. The lowest BCUT2D eigenvalue weighted by atomic mass is 9.94. The van der Waals surface area contributed by atoms with Crippen molar-refractivity contribution in [1.29, 1.82) is 0 Å². The summed E-state index contributed by atoms with van der Waals surface area (Å²) < 4.78 is 5.19. The molecule has 4 rings (SSSR count). The SMILES string of the molecule is COc1ccc(C(=O)N2CC(=O)Nc3ccc(C)cc3C2c2ccccc2)cc1. The van der Waals surface area contributed by atoms with Crippen LogP contribution in [-0.4, -0.2) is 30.4 Å². The van der Waals surface area contributed by atoms with Gasteiger partial charge in [-0.05, 0) is 42.8 Å². The van der Waals surface area contributed by atoms with Gasteiger partial charge in [0.25, 0.3) is 5.91 Å². The number of benzene rings is 3. The van der Waals surface area contributed by atoms with E-state index in [2.05, 4.69) is 5.32 Å². The first-order valence-electron chi connectivity index (χ1n) is 9.47. The van der Waals surface area contributed by atoms with E-state index in [-0.39, 0.29) is 24.4 Å². The van der Waals surface area contributed by atoms with Gasteiger partial charge in [0.15, 0.2) is 0 Å². The maximum atomic E-state index is 13.5. The van der Waals surface area contributed by atoms with Crippen molar-refractivity contribution < 1.29 is 14.3 Å². The van der Waals surface area contributed by atoms with Gasteiger partial charge in [-0.15, -0.1) is 0 Å². The molecule has 1 N–H and O–H groups in total. The molecule has 29 heavy (non-hydrogen) atoms. The van der Waals surface area contributed by atoms with Gasteiger partial charge < -0.3 is 15.0 Å². The maximum Gasteiger partial charge on any atom is 0.255 e. The van der Waals surface area contributed by atoms with E-state index in [1.54, 1.807) is 36.3 Å². The highest BCUT2D eigenvalue weighted by Gasteiger charge is 2.33. The fourth-order valence-corrected chi connectivity index (χ4v) is 3.71. The summed E-state index contributed by atoms with van der Waals surface area (Å²) in [4.78, 5) is 27.7. The van der Waals surface area contributed by atoms with E-state index in [0.29, 0.717) is 11.3 Å². The molecule has 0 radical (unpaired) electrons. The third-order valence-electron chi connectivity index (χ3n) is 5.11. The average Bonchev–Trinajstić information content (AvgIpc) is 2.89. The number of hydrogen-bond donors (Lipinski definition) is 1. The van der Waals surface area contributed by atoms with Gasteiger partial charge in [-0.1, -0.05) is 48.0 Å². The van der Waals surface area contributed by atoms with Crippen molar-refractivity contribution in [2.45, 2.75) is 13.0 Å². The fraction of sp³-hybridized carbons (Fsp3) is 0.167. The predicted octanol–water partition coefficient (Wildman–Crippen LogP) is 4.19. The zero-order chi connectivity index (χ0) is 20.4. The van der Waals surface area contributed by atoms with Gasteiger partial charge >= 0.3 is 0 Å². The summed E-state index contributed by atoms with van der Waals surface area (Å²) in [5.41, 5.74) is 4.18. The second-order valence-corrected chi connectivity index (χ2v) is 7.11. The lowest BCUT2D eigenvalue weighted by Crippen LogP contribution is -2.39. The van der Waals surface area contributed by atoms with E-state index >= 15 is 0 Å². The van der Waals surface area contributed by atoms with Crippen LogP contribution in [0.3, 0.4) is 0 Å². The highest BCUT2D eigenvalue weighted by molar-refractivity contribution is 6.01. The summed E-state index contributed by atoms with van der Waals surface area (Å²) in [5.74, 6) is 0.261. The number of anilines is 1. The first-order chi connectivity index (χ1) is 14.1. The summed E-state index contributed by atoms with van der Waals surface area (Å²) in [7, 11) is 1.58. The van der Waals surface area contributed by atoms with Crippen molar-refractivity contribution >= 4 is 17.5 Å². The van der Waals surface area contributed by atoms with E-state index in [4.69, 9.17) is 4.74 Å². The number of rotatable bonds is 3. The molecular formula is C24H22N2O3. The van der Waals surface area contributed by atoms with Crippen LogP contribution < -0.4 is 10.1 Å². The summed E-state index contributed by atoms with van der Waals surface area (Å²) in [6.45, 7) is 1.98. The quantitative estimate of drug-likeness (QED) is 0.734. The number of carbonyl (C=O) groups is 2. The lowest BCUT2D eigenvalue weighted by molar-refractivity contribution is -0.117. The maximum absolute atomic E-state index is 13.5. The molecule has 2 amide bonds. The Bertz CT molecular complexity index is 1050. The fourth-order valence-electron chi connectivity index (χ4n) is 3.71. The van der Waals surface area contributed by atoms with Crippen molar-refractivity contribution in [2.24, 2.45) is 0 Å². The predicted molar refractivity (Wildman–Crippen MR) is 112 cm³/mol. The molecule has 1 atom stereocenters. The van der Waals surface area contributed by atoms with Crippen LogP contribution in [0.15, 0.2) is 72.8 Å². The molecule has 3 aromatic carbocycles. The van der Waals surface area contributed by atoms with Crippen LogP contribution in [-0.2, 0) is 4.79 Å². The number of aryl methyl sites for hydroxylation is 1. The number of carbonyl (C=O) groups excluding carboxylic acids is 2. The number of fused-ring (bicyclic) bond motifs is 1. The third-order valence-corrected chi connectivity index (χ3v) is 5.11. The van der Waals surface area contributed by atoms with E-state index in [1.165, 1.54) is 0 Å². The molecule has 1 unspecified atom stereocenters. The molecule has 0 aromatic heterocycles. The minimum absolute atomic E-state index is 0.0296. The van der Waals surface area contributed by atoms with Gasteiger partial charge in [0.1, 0.15) is 12.3 Å². The van der Waals surface area contributed by atoms with Gasteiger partial charge in [0, 0.05) is 16.8 Å². The Morgan fingerprint density at radius 3 is 2.45 bits per heavy atom. The van der Waals surface area contributed by atoms with Crippen LogP contribution >= 0.6 is 0 Å². The molecule has 0 saturated carbocycles. The smallest absolute Gasteiger partial charge is 0.255 e. The molecule has 146 valence electrons. The minimum Gasteiger partial charge on any atom is -0.497 e. The van der Waals surface area contributed by atoms with Gasteiger partial charge in [-0.3, -0.25) is 9.59 Å². The summed E-state index contributed by atoms with van der Waals surface area (Å²) in [6, 6.07) is 22.3. The number of nitrogens with zero attached hydrogens (tertiary/aromatic N) is 1. The van der Waals surface area contributed by atoms with Crippen LogP contribution in [0.25, 0.3) is 0 Å². The molecule has 1 aliphatic heterocycles. The minimum atomic E-state index is -0.375. The molecule has 1 heterocycles. The zero-order valence-corrected chi connectivity index (χ0v) is 16.4. The van der Waals surface area contributed by atoms with Crippen LogP contribution in [0.5, 0.6) is 5.75 Å². The molecule has 0 aliphatic carbocycles. The Morgan fingerprint density at radius 2 is 1.76 bits per heavy atom. The van der Waals surface area contributed by atoms with E-state index in [1.807, 2.05) is 55.5 Å². The monoisotopic (exact) mass is 386 g/mol. The lowest BCUT2D eigenvalue weighted by Gasteiger charge is -2.31. The second kappa shape index (κ2) is 7.80. The zero-order valence-electron chi connectivity index (χ0n) is 16.4. The van der Waals surface area contributed by atoms with E-state index in [9.17, 15) is 9.59 Å². The highest BCUT2D eigenvalue weighted by Crippen LogP contribution is 2.37. The summed E-state index contributed by atoms with van der Waals surface area (Å²) >= 11 is 0. The number of ether oxygens (including phenoxy) is 1. The van der Waals surface area contributed by atoms with Crippen molar-refractivity contribution in [3.8, 4) is 5.75 Å². The van der Waals surface area contributed by atoms with E-state index in [0.717, 1.165) is 22.4 Å². The number of nitrogens with one attached hydrogen (secondary N) is 1. The molecule has 5 heteroatoms. The number of methoxy groups -OCH3 is 1. The first-order valence-corrected chi connectivity index (χ1v) is 9.47. The van der Waals surface area contributed by atoms with Crippen LogP contribution in [0.4, 0.5) is 5.69 Å². The van der Waals surface area contributed by atoms with Gasteiger partial charge in [0.05, 0.1) is 13.2 Å². The second-order valence-electron chi connectivity index (χ2n) is 7.11. The Labute approximate surface area is 169 Å². The Balaban J connectivity index is 1.85. The third kappa shape index (κ3) is 3.72. The number of hydrogen-bond acceptors (Lipinski definition) is 3. The number of amides is 2.